The Morgan fingerprint density at radius 3 is 2.63 bits per heavy atom. The lowest BCUT2D eigenvalue weighted by molar-refractivity contribution is 0.600. The molecular formula is C11H13N3O2S3. The van der Waals surface area contributed by atoms with Crippen LogP contribution in [0.4, 0.5) is 5.13 Å². The first-order valence-electron chi connectivity index (χ1n) is 5.40. The molecule has 2 rings (SSSR count). The van der Waals surface area contributed by atoms with Crippen LogP contribution < -0.4 is 4.72 Å². The Kier molecular flexibility index (Phi) is 4.12. The molecule has 5 nitrogen and oxygen atoms in total. The van der Waals surface area contributed by atoms with Crippen molar-refractivity contribution in [1.29, 1.82) is 0 Å². The number of anilines is 1. The number of nitrogens with zero attached hydrogens (tertiary/aromatic N) is 2. The minimum absolute atomic E-state index is 0.272. The molecule has 0 aliphatic carbocycles. The highest BCUT2D eigenvalue weighted by Gasteiger charge is 2.19. The molecule has 2 aromatic rings. The zero-order valence-electron chi connectivity index (χ0n) is 10.7. The maximum absolute atomic E-state index is 12.3. The summed E-state index contributed by atoms with van der Waals surface area (Å²) in [5.41, 5.74) is 1.60. The van der Waals surface area contributed by atoms with Crippen LogP contribution in [0.1, 0.15) is 11.1 Å². The van der Waals surface area contributed by atoms with Crippen molar-refractivity contribution in [1.82, 2.24) is 10.2 Å². The maximum Gasteiger partial charge on any atom is 0.263 e. The lowest BCUT2D eigenvalue weighted by Crippen LogP contribution is -2.14. The zero-order chi connectivity index (χ0) is 14.0. The summed E-state index contributed by atoms with van der Waals surface area (Å²) < 4.78 is 27.8. The van der Waals surface area contributed by atoms with E-state index in [4.69, 9.17) is 0 Å². The van der Waals surface area contributed by atoms with Gasteiger partial charge in [-0.3, -0.25) is 4.72 Å². The Bertz CT molecular complexity index is 695. The van der Waals surface area contributed by atoms with Gasteiger partial charge in [0.1, 0.15) is 0 Å². The molecule has 0 amide bonds. The SMILES string of the molecule is CSc1nnc(NS(=O)(=O)c2cc(C)ccc2C)s1. The summed E-state index contributed by atoms with van der Waals surface area (Å²) in [5.74, 6) is 0. The minimum Gasteiger partial charge on any atom is -0.253 e. The molecule has 0 aliphatic heterocycles. The van der Waals surface area contributed by atoms with Crippen molar-refractivity contribution in [2.24, 2.45) is 0 Å². The van der Waals surface area contributed by atoms with Crippen molar-refractivity contribution >= 4 is 38.3 Å². The molecule has 0 aliphatic rings. The Hall–Kier alpha value is -1.12. The van der Waals surface area contributed by atoms with Crippen LogP contribution in [0.2, 0.25) is 0 Å². The van der Waals surface area contributed by atoms with E-state index >= 15 is 0 Å². The van der Waals surface area contributed by atoms with Crippen molar-refractivity contribution in [2.75, 3.05) is 11.0 Å². The first kappa shape index (κ1) is 14.3. The van der Waals surface area contributed by atoms with Crippen molar-refractivity contribution in [2.45, 2.75) is 23.1 Å². The van der Waals surface area contributed by atoms with E-state index in [1.807, 2.05) is 19.2 Å². The normalized spacial score (nSPS) is 11.5. The van der Waals surface area contributed by atoms with E-state index in [0.29, 0.717) is 5.56 Å². The van der Waals surface area contributed by atoms with E-state index < -0.39 is 10.0 Å². The second kappa shape index (κ2) is 5.48. The monoisotopic (exact) mass is 315 g/mol. The molecule has 1 aromatic carbocycles. The molecule has 0 fully saturated rings. The second-order valence-electron chi connectivity index (χ2n) is 3.95. The van der Waals surface area contributed by atoms with Gasteiger partial charge in [0.25, 0.3) is 10.0 Å². The van der Waals surface area contributed by atoms with Crippen LogP contribution in [0.25, 0.3) is 0 Å². The molecule has 0 spiro atoms. The van der Waals surface area contributed by atoms with Gasteiger partial charge in [0.05, 0.1) is 4.90 Å². The number of hydrogen-bond acceptors (Lipinski definition) is 6. The first-order chi connectivity index (χ1) is 8.92. The van der Waals surface area contributed by atoms with Crippen molar-refractivity contribution in [3.8, 4) is 0 Å². The lowest BCUT2D eigenvalue weighted by atomic mass is 10.2. The number of thioether (sulfide) groups is 1. The fourth-order valence-electron chi connectivity index (χ4n) is 1.50. The summed E-state index contributed by atoms with van der Waals surface area (Å²) in [6.45, 7) is 3.62. The zero-order valence-corrected chi connectivity index (χ0v) is 13.1. The molecule has 102 valence electrons. The number of sulfonamides is 1. The molecule has 1 aromatic heterocycles. The summed E-state index contributed by atoms with van der Waals surface area (Å²) in [5, 5.41) is 7.95. The number of aryl methyl sites for hydroxylation is 2. The molecule has 0 radical (unpaired) electrons. The summed E-state index contributed by atoms with van der Waals surface area (Å²) in [6.07, 6.45) is 1.86. The molecule has 0 unspecified atom stereocenters. The highest BCUT2D eigenvalue weighted by Crippen LogP contribution is 2.26. The van der Waals surface area contributed by atoms with Crippen molar-refractivity contribution in [3.05, 3.63) is 29.3 Å². The number of hydrogen-bond donors (Lipinski definition) is 1. The van der Waals surface area contributed by atoms with E-state index in [1.54, 1.807) is 19.1 Å². The molecular weight excluding hydrogens is 302 g/mol. The Morgan fingerprint density at radius 2 is 2.00 bits per heavy atom. The third-order valence-electron chi connectivity index (χ3n) is 2.44. The van der Waals surface area contributed by atoms with Gasteiger partial charge < -0.3 is 0 Å². The quantitative estimate of drug-likeness (QED) is 0.878. The van der Waals surface area contributed by atoms with E-state index in [9.17, 15) is 8.42 Å². The highest BCUT2D eigenvalue weighted by atomic mass is 32.2. The van der Waals surface area contributed by atoms with Gasteiger partial charge in [0.15, 0.2) is 4.34 Å². The summed E-state index contributed by atoms with van der Waals surface area (Å²) in [7, 11) is -3.61. The van der Waals surface area contributed by atoms with Crippen LogP contribution in [0.5, 0.6) is 0 Å². The van der Waals surface area contributed by atoms with Crippen LogP contribution in [0, 0.1) is 13.8 Å². The summed E-state index contributed by atoms with van der Waals surface area (Å²) in [6, 6.07) is 5.32. The number of benzene rings is 1. The van der Waals surface area contributed by atoms with Gasteiger partial charge in [-0.1, -0.05) is 35.2 Å². The Balaban J connectivity index is 2.34. The van der Waals surface area contributed by atoms with Crippen LogP contribution in [-0.2, 0) is 10.0 Å². The molecule has 8 heteroatoms. The van der Waals surface area contributed by atoms with Crippen LogP contribution >= 0.6 is 23.1 Å². The molecule has 0 saturated heterocycles. The minimum atomic E-state index is -3.61. The summed E-state index contributed by atoms with van der Waals surface area (Å²) in [4.78, 5) is 0.272. The van der Waals surface area contributed by atoms with E-state index in [2.05, 4.69) is 14.9 Å². The second-order valence-corrected chi connectivity index (χ2v) is 7.63. The fourth-order valence-corrected chi connectivity index (χ4v) is 4.23. The topological polar surface area (TPSA) is 72.0 Å². The predicted molar refractivity (Wildman–Crippen MR) is 78.4 cm³/mol. The Labute approximate surface area is 120 Å². The predicted octanol–water partition coefficient (Wildman–Crippen LogP) is 2.68. The lowest BCUT2D eigenvalue weighted by Gasteiger charge is -2.08. The summed E-state index contributed by atoms with van der Waals surface area (Å²) >= 11 is 2.64. The third kappa shape index (κ3) is 3.26. The van der Waals surface area contributed by atoms with Crippen molar-refractivity contribution in [3.63, 3.8) is 0 Å². The van der Waals surface area contributed by atoms with Crippen molar-refractivity contribution < 1.29 is 8.42 Å². The number of aromatic nitrogens is 2. The van der Waals surface area contributed by atoms with E-state index in [-0.39, 0.29) is 10.0 Å². The fraction of sp³-hybridized carbons (Fsp3) is 0.273. The van der Waals surface area contributed by atoms with E-state index in [1.165, 1.54) is 23.1 Å². The van der Waals surface area contributed by atoms with Crippen LogP contribution in [-0.4, -0.2) is 24.9 Å². The molecule has 0 saturated carbocycles. The molecule has 1 heterocycles. The van der Waals surface area contributed by atoms with Gasteiger partial charge in [-0.2, -0.15) is 0 Å². The number of nitrogens with one attached hydrogen (secondary N) is 1. The van der Waals surface area contributed by atoms with Gasteiger partial charge in [-0.15, -0.1) is 10.2 Å². The third-order valence-corrected chi connectivity index (χ3v) is 5.86. The average Bonchev–Trinajstić information content (AvgIpc) is 2.79. The molecule has 1 N–H and O–H groups in total. The smallest absolute Gasteiger partial charge is 0.253 e. The van der Waals surface area contributed by atoms with Gasteiger partial charge in [-0.05, 0) is 37.3 Å². The standard InChI is InChI=1S/C11H13N3O2S3/c1-7-4-5-8(2)9(6-7)19(15,16)14-10-12-13-11(17-3)18-10/h4-6H,1-3H3,(H,12,14). The van der Waals surface area contributed by atoms with Crippen LogP contribution in [0.3, 0.4) is 0 Å². The van der Waals surface area contributed by atoms with Gasteiger partial charge in [-0.25, -0.2) is 8.42 Å². The first-order valence-corrected chi connectivity index (χ1v) is 8.92. The highest BCUT2D eigenvalue weighted by molar-refractivity contribution is 8.00. The number of rotatable bonds is 4. The largest absolute Gasteiger partial charge is 0.263 e. The van der Waals surface area contributed by atoms with Gasteiger partial charge in [0.2, 0.25) is 5.13 Å². The molecule has 0 atom stereocenters. The van der Waals surface area contributed by atoms with Crippen LogP contribution in [0.15, 0.2) is 27.4 Å². The Morgan fingerprint density at radius 1 is 1.26 bits per heavy atom. The van der Waals surface area contributed by atoms with E-state index in [0.717, 1.165) is 9.90 Å². The van der Waals surface area contributed by atoms with Gasteiger partial charge in [0, 0.05) is 0 Å². The average molecular weight is 315 g/mol. The maximum atomic E-state index is 12.3. The van der Waals surface area contributed by atoms with Gasteiger partial charge >= 0.3 is 0 Å². The molecule has 0 bridgehead atoms. The molecule has 19 heavy (non-hydrogen) atoms.